The highest BCUT2D eigenvalue weighted by Crippen LogP contribution is 2.20. The molecule has 0 amide bonds. The topological polar surface area (TPSA) is 62.7 Å². The van der Waals surface area contributed by atoms with E-state index in [-0.39, 0.29) is 0 Å². The van der Waals surface area contributed by atoms with Crippen LogP contribution in [0.4, 0.5) is 11.8 Å². The van der Waals surface area contributed by atoms with E-state index in [1.54, 1.807) is 6.20 Å². The number of hydrogen-bond donors (Lipinski definition) is 2. The second kappa shape index (κ2) is 7.20. The van der Waals surface area contributed by atoms with Crippen molar-refractivity contribution in [3.05, 3.63) is 41.6 Å². The molecule has 0 atom stereocenters. The van der Waals surface area contributed by atoms with Crippen LogP contribution in [0.15, 0.2) is 30.5 Å². The van der Waals surface area contributed by atoms with Gasteiger partial charge in [0.2, 0.25) is 5.95 Å². The lowest BCUT2D eigenvalue weighted by molar-refractivity contribution is 0.461. The third-order valence-corrected chi connectivity index (χ3v) is 4.05. The minimum atomic E-state index is 0.523. The summed E-state index contributed by atoms with van der Waals surface area (Å²) in [5, 5.41) is 14.8. The first-order chi connectivity index (χ1) is 10.8. The van der Waals surface area contributed by atoms with E-state index < -0.39 is 0 Å². The van der Waals surface area contributed by atoms with Crippen LogP contribution in [0.5, 0.6) is 0 Å². The minimum Gasteiger partial charge on any atom is -0.366 e. The third-order valence-electron chi connectivity index (χ3n) is 4.05. The van der Waals surface area contributed by atoms with Gasteiger partial charge in [0.1, 0.15) is 0 Å². The maximum atomic E-state index is 4.51. The molecule has 2 N–H and O–H groups in total. The molecule has 5 heteroatoms. The lowest BCUT2D eigenvalue weighted by Gasteiger charge is -2.23. The molecule has 5 nitrogen and oxygen atoms in total. The smallest absolute Gasteiger partial charge is 0.244 e. The molecule has 0 saturated heterocycles. The first-order valence-corrected chi connectivity index (χ1v) is 8.05. The summed E-state index contributed by atoms with van der Waals surface area (Å²) >= 11 is 0. The maximum Gasteiger partial charge on any atom is 0.244 e. The van der Waals surface area contributed by atoms with Crippen LogP contribution in [0.1, 0.15) is 43.2 Å². The van der Waals surface area contributed by atoms with Gasteiger partial charge >= 0.3 is 0 Å². The maximum absolute atomic E-state index is 4.51. The number of nitrogens with zero attached hydrogens (tertiary/aromatic N) is 3. The highest BCUT2D eigenvalue weighted by Gasteiger charge is 2.13. The second-order valence-electron chi connectivity index (χ2n) is 5.99. The number of rotatable bonds is 5. The Morgan fingerprint density at radius 3 is 2.86 bits per heavy atom. The fraction of sp³-hybridized carbons (Fsp3) is 0.471. The van der Waals surface area contributed by atoms with Gasteiger partial charge in [-0.2, -0.15) is 10.1 Å². The van der Waals surface area contributed by atoms with E-state index in [4.69, 9.17) is 0 Å². The molecule has 0 bridgehead atoms. The normalized spacial score (nSPS) is 15.5. The van der Waals surface area contributed by atoms with E-state index in [0.717, 1.165) is 5.82 Å². The highest BCUT2D eigenvalue weighted by molar-refractivity contribution is 5.38. The van der Waals surface area contributed by atoms with Crippen molar-refractivity contribution in [2.24, 2.45) is 0 Å². The van der Waals surface area contributed by atoms with Gasteiger partial charge in [0.15, 0.2) is 5.82 Å². The van der Waals surface area contributed by atoms with E-state index in [0.29, 0.717) is 18.5 Å². The first-order valence-electron chi connectivity index (χ1n) is 8.05. The zero-order valence-electron chi connectivity index (χ0n) is 13.0. The number of aryl methyl sites for hydroxylation is 1. The number of aromatic nitrogens is 3. The Bertz CT molecular complexity index is 608. The zero-order chi connectivity index (χ0) is 15.2. The summed E-state index contributed by atoms with van der Waals surface area (Å²) in [6.45, 7) is 2.80. The Kier molecular flexibility index (Phi) is 4.83. The quantitative estimate of drug-likeness (QED) is 0.884. The average Bonchev–Trinajstić information content (AvgIpc) is 2.54. The number of benzene rings is 1. The van der Waals surface area contributed by atoms with Crippen LogP contribution in [0, 0.1) is 6.92 Å². The molecule has 1 heterocycles. The molecule has 1 aromatic carbocycles. The van der Waals surface area contributed by atoms with Gasteiger partial charge in [-0.25, -0.2) is 0 Å². The summed E-state index contributed by atoms with van der Waals surface area (Å²) in [5.41, 5.74) is 2.47. The average molecular weight is 297 g/mol. The van der Waals surface area contributed by atoms with Gasteiger partial charge in [-0.05, 0) is 25.3 Å². The van der Waals surface area contributed by atoms with Gasteiger partial charge in [-0.3, -0.25) is 0 Å². The molecule has 3 rings (SSSR count). The van der Waals surface area contributed by atoms with Crippen molar-refractivity contribution in [1.29, 1.82) is 0 Å². The Morgan fingerprint density at radius 1 is 1.18 bits per heavy atom. The molecule has 22 heavy (non-hydrogen) atoms. The van der Waals surface area contributed by atoms with Gasteiger partial charge in [0.25, 0.3) is 0 Å². The van der Waals surface area contributed by atoms with E-state index in [1.165, 1.54) is 43.2 Å². The molecule has 1 saturated carbocycles. The van der Waals surface area contributed by atoms with Crippen molar-refractivity contribution < 1.29 is 0 Å². The minimum absolute atomic E-state index is 0.523. The predicted octanol–water partition coefficient (Wildman–Crippen LogP) is 3.54. The SMILES string of the molecule is Cc1cccc(CNc2nncc(NC3CCCCC3)n2)c1. The summed E-state index contributed by atoms with van der Waals surface area (Å²) in [6, 6.07) is 8.93. The van der Waals surface area contributed by atoms with Crippen LogP contribution in [0.2, 0.25) is 0 Å². The van der Waals surface area contributed by atoms with Crippen LogP contribution in [-0.2, 0) is 6.54 Å². The van der Waals surface area contributed by atoms with Crippen molar-refractivity contribution in [2.75, 3.05) is 10.6 Å². The fourth-order valence-corrected chi connectivity index (χ4v) is 2.91. The van der Waals surface area contributed by atoms with Gasteiger partial charge < -0.3 is 10.6 Å². The number of hydrogen-bond acceptors (Lipinski definition) is 5. The lowest BCUT2D eigenvalue weighted by Crippen LogP contribution is -2.23. The molecule has 1 aliphatic rings. The van der Waals surface area contributed by atoms with E-state index in [1.807, 2.05) is 0 Å². The molecule has 1 aromatic heterocycles. The summed E-state index contributed by atoms with van der Waals surface area (Å²) in [5.74, 6) is 1.39. The molecule has 0 unspecified atom stereocenters. The zero-order valence-corrected chi connectivity index (χ0v) is 13.0. The van der Waals surface area contributed by atoms with E-state index in [2.05, 4.69) is 57.0 Å². The Hall–Kier alpha value is -2.17. The molecule has 0 spiro atoms. The Balaban J connectivity index is 1.58. The van der Waals surface area contributed by atoms with Crippen molar-refractivity contribution in [1.82, 2.24) is 15.2 Å². The van der Waals surface area contributed by atoms with Crippen LogP contribution < -0.4 is 10.6 Å². The summed E-state index contributed by atoms with van der Waals surface area (Å²) < 4.78 is 0. The Labute approximate surface area is 131 Å². The second-order valence-corrected chi connectivity index (χ2v) is 5.99. The monoisotopic (exact) mass is 297 g/mol. The van der Waals surface area contributed by atoms with E-state index in [9.17, 15) is 0 Å². The van der Waals surface area contributed by atoms with Crippen LogP contribution in [0.25, 0.3) is 0 Å². The van der Waals surface area contributed by atoms with Gasteiger partial charge in [-0.1, -0.05) is 49.1 Å². The van der Waals surface area contributed by atoms with Gasteiger partial charge in [0.05, 0.1) is 6.20 Å². The molecular weight excluding hydrogens is 274 g/mol. The summed E-state index contributed by atoms with van der Waals surface area (Å²) in [6.07, 6.45) is 8.09. The van der Waals surface area contributed by atoms with Crippen LogP contribution >= 0.6 is 0 Å². The van der Waals surface area contributed by atoms with Crippen LogP contribution in [-0.4, -0.2) is 21.2 Å². The number of anilines is 2. The molecule has 0 radical (unpaired) electrons. The molecule has 1 aliphatic carbocycles. The summed E-state index contributed by atoms with van der Waals surface area (Å²) in [4.78, 5) is 4.51. The molecule has 1 fully saturated rings. The van der Waals surface area contributed by atoms with Gasteiger partial charge in [0, 0.05) is 12.6 Å². The van der Waals surface area contributed by atoms with Crippen LogP contribution in [0.3, 0.4) is 0 Å². The largest absolute Gasteiger partial charge is 0.366 e. The van der Waals surface area contributed by atoms with Crippen molar-refractivity contribution in [2.45, 2.75) is 51.6 Å². The lowest BCUT2D eigenvalue weighted by atomic mass is 9.96. The highest BCUT2D eigenvalue weighted by atomic mass is 15.3. The fourth-order valence-electron chi connectivity index (χ4n) is 2.91. The van der Waals surface area contributed by atoms with Gasteiger partial charge in [-0.15, -0.1) is 5.10 Å². The molecule has 2 aromatic rings. The Morgan fingerprint density at radius 2 is 2.05 bits per heavy atom. The number of nitrogens with one attached hydrogen (secondary N) is 2. The molecular formula is C17H23N5. The first kappa shape index (κ1) is 14.8. The van der Waals surface area contributed by atoms with E-state index >= 15 is 0 Å². The van der Waals surface area contributed by atoms with Crippen molar-refractivity contribution >= 4 is 11.8 Å². The summed E-state index contributed by atoms with van der Waals surface area (Å²) in [7, 11) is 0. The van der Waals surface area contributed by atoms with Crippen molar-refractivity contribution in [3.63, 3.8) is 0 Å². The third kappa shape index (κ3) is 4.16. The standard InChI is InChI=1S/C17H23N5/c1-13-6-5-7-14(10-13)11-18-17-21-16(12-19-22-17)20-15-8-3-2-4-9-15/h5-7,10,12,15H,2-4,8-9,11H2,1H3,(H2,18,20,21,22). The molecule has 116 valence electrons. The van der Waals surface area contributed by atoms with Crippen molar-refractivity contribution in [3.8, 4) is 0 Å². The molecule has 0 aliphatic heterocycles. The predicted molar refractivity (Wildman–Crippen MR) is 88.8 cm³/mol.